The highest BCUT2D eigenvalue weighted by atomic mass is 19.4. The summed E-state index contributed by atoms with van der Waals surface area (Å²) in [7, 11) is 0. The van der Waals surface area contributed by atoms with E-state index in [1.807, 2.05) is 5.32 Å². The van der Waals surface area contributed by atoms with E-state index in [-0.39, 0.29) is 19.0 Å². The van der Waals surface area contributed by atoms with Gasteiger partial charge in [0.1, 0.15) is 5.60 Å². The first-order chi connectivity index (χ1) is 8.99. The average molecular weight is 296 g/mol. The van der Waals surface area contributed by atoms with Crippen LogP contribution in [0.25, 0.3) is 0 Å². The lowest BCUT2D eigenvalue weighted by Crippen LogP contribution is -2.40. The Labute approximate surface area is 115 Å². The molecule has 0 radical (unpaired) electrons. The van der Waals surface area contributed by atoms with Crippen LogP contribution >= 0.6 is 0 Å². The predicted octanol–water partition coefficient (Wildman–Crippen LogP) is 1.92. The molecule has 1 N–H and O–H groups in total. The molecular weight excluding hydrogens is 277 g/mol. The Morgan fingerprint density at radius 1 is 1.30 bits per heavy atom. The molecule has 0 aromatic rings. The molecule has 116 valence electrons. The maximum absolute atomic E-state index is 12.0. The SMILES string of the molecule is CC(C)(C)OC(=O)N1CCC(CNC(=O)C(F)(F)F)C1. The van der Waals surface area contributed by atoms with Gasteiger partial charge in [-0.15, -0.1) is 0 Å². The highest BCUT2D eigenvalue weighted by Crippen LogP contribution is 2.20. The number of carbonyl (C=O) groups excluding carboxylic acids is 2. The summed E-state index contributed by atoms with van der Waals surface area (Å²) < 4.78 is 41.2. The van der Waals surface area contributed by atoms with Gasteiger partial charge in [-0.2, -0.15) is 13.2 Å². The Morgan fingerprint density at radius 2 is 1.90 bits per heavy atom. The monoisotopic (exact) mass is 296 g/mol. The minimum absolute atomic E-state index is 0.0996. The molecule has 1 unspecified atom stereocenters. The number of nitrogens with one attached hydrogen (secondary N) is 1. The summed E-state index contributed by atoms with van der Waals surface area (Å²) in [6.45, 7) is 5.82. The molecule has 8 heteroatoms. The number of nitrogens with zero attached hydrogens (tertiary/aromatic N) is 1. The molecule has 0 bridgehead atoms. The summed E-state index contributed by atoms with van der Waals surface area (Å²) in [6.07, 6.45) is -4.82. The van der Waals surface area contributed by atoms with Gasteiger partial charge in [-0.05, 0) is 33.1 Å². The van der Waals surface area contributed by atoms with Crippen molar-refractivity contribution in [2.75, 3.05) is 19.6 Å². The van der Waals surface area contributed by atoms with E-state index in [0.717, 1.165) is 0 Å². The molecule has 1 atom stereocenters. The molecule has 1 saturated heterocycles. The van der Waals surface area contributed by atoms with Crippen LogP contribution in [0.4, 0.5) is 18.0 Å². The standard InChI is InChI=1S/C12H19F3N2O3/c1-11(2,3)20-10(19)17-5-4-8(7-17)6-16-9(18)12(13,14)15/h8H,4-7H2,1-3H3,(H,16,18). The molecule has 0 aromatic carbocycles. The molecule has 1 heterocycles. The highest BCUT2D eigenvalue weighted by molar-refractivity contribution is 5.81. The lowest BCUT2D eigenvalue weighted by molar-refractivity contribution is -0.173. The van der Waals surface area contributed by atoms with E-state index in [2.05, 4.69) is 0 Å². The summed E-state index contributed by atoms with van der Waals surface area (Å²) in [5.41, 5.74) is -0.611. The molecule has 0 saturated carbocycles. The fraction of sp³-hybridized carbons (Fsp3) is 0.833. The lowest BCUT2D eigenvalue weighted by Gasteiger charge is -2.24. The van der Waals surface area contributed by atoms with Gasteiger partial charge in [0.05, 0.1) is 0 Å². The van der Waals surface area contributed by atoms with Gasteiger partial charge >= 0.3 is 18.2 Å². The Bertz CT molecular complexity index is 377. The van der Waals surface area contributed by atoms with Crippen LogP contribution in [0, 0.1) is 5.92 Å². The average Bonchev–Trinajstić information content (AvgIpc) is 2.70. The zero-order chi connectivity index (χ0) is 15.6. The minimum atomic E-state index is -4.87. The van der Waals surface area contributed by atoms with Crippen LogP contribution in [0.1, 0.15) is 27.2 Å². The van der Waals surface area contributed by atoms with E-state index in [1.165, 1.54) is 4.90 Å². The number of halogens is 3. The highest BCUT2D eigenvalue weighted by Gasteiger charge is 2.39. The van der Waals surface area contributed by atoms with Crippen LogP contribution in [0.2, 0.25) is 0 Å². The van der Waals surface area contributed by atoms with Gasteiger partial charge in [0.2, 0.25) is 0 Å². The van der Waals surface area contributed by atoms with Crippen molar-refractivity contribution in [3.63, 3.8) is 0 Å². The first-order valence-electron chi connectivity index (χ1n) is 6.32. The third-order valence-corrected chi connectivity index (χ3v) is 2.75. The van der Waals surface area contributed by atoms with E-state index in [4.69, 9.17) is 4.74 Å². The second kappa shape index (κ2) is 5.88. The Kier molecular flexibility index (Phi) is 4.88. The van der Waals surface area contributed by atoms with Crippen LogP contribution < -0.4 is 5.32 Å². The lowest BCUT2D eigenvalue weighted by atomic mass is 10.1. The quantitative estimate of drug-likeness (QED) is 0.847. The predicted molar refractivity (Wildman–Crippen MR) is 65.0 cm³/mol. The van der Waals surface area contributed by atoms with Gasteiger partial charge in [0.15, 0.2) is 0 Å². The van der Waals surface area contributed by atoms with Crippen molar-refractivity contribution in [1.82, 2.24) is 10.2 Å². The molecule has 1 rings (SSSR count). The van der Waals surface area contributed by atoms with Crippen LogP contribution in [0.5, 0.6) is 0 Å². The number of likely N-dealkylation sites (tertiary alicyclic amines) is 1. The van der Waals surface area contributed by atoms with E-state index < -0.39 is 23.8 Å². The first kappa shape index (κ1) is 16.6. The number of amides is 2. The van der Waals surface area contributed by atoms with Gasteiger partial charge in [-0.1, -0.05) is 0 Å². The zero-order valence-corrected chi connectivity index (χ0v) is 11.7. The third kappa shape index (κ3) is 5.26. The largest absolute Gasteiger partial charge is 0.471 e. The van der Waals surface area contributed by atoms with Gasteiger partial charge in [0, 0.05) is 19.6 Å². The van der Waals surface area contributed by atoms with Gasteiger partial charge < -0.3 is 15.0 Å². The molecule has 2 amide bonds. The molecule has 0 spiro atoms. The fourth-order valence-corrected chi connectivity index (χ4v) is 1.83. The number of hydrogen-bond donors (Lipinski definition) is 1. The van der Waals surface area contributed by atoms with Crippen molar-refractivity contribution in [3.8, 4) is 0 Å². The molecule has 0 aliphatic carbocycles. The second-order valence-corrected chi connectivity index (χ2v) is 5.79. The van der Waals surface area contributed by atoms with Crippen LogP contribution in [-0.4, -0.2) is 48.3 Å². The third-order valence-electron chi connectivity index (χ3n) is 2.75. The topological polar surface area (TPSA) is 58.6 Å². The number of carbonyl (C=O) groups is 2. The molecule has 20 heavy (non-hydrogen) atoms. The summed E-state index contributed by atoms with van der Waals surface area (Å²) in [5.74, 6) is -2.14. The van der Waals surface area contributed by atoms with Crippen molar-refractivity contribution < 1.29 is 27.5 Å². The molecule has 1 aliphatic heterocycles. The summed E-state index contributed by atoms with van der Waals surface area (Å²) in [4.78, 5) is 23.9. The van der Waals surface area contributed by atoms with Crippen molar-refractivity contribution >= 4 is 12.0 Å². The van der Waals surface area contributed by atoms with Crippen LogP contribution in [0.3, 0.4) is 0 Å². The molecular formula is C12H19F3N2O3. The normalized spacial score (nSPS) is 19.9. The van der Waals surface area contributed by atoms with Crippen molar-refractivity contribution in [2.24, 2.45) is 5.92 Å². The Hall–Kier alpha value is -1.47. The van der Waals surface area contributed by atoms with E-state index in [0.29, 0.717) is 13.0 Å². The molecule has 5 nitrogen and oxygen atoms in total. The van der Waals surface area contributed by atoms with E-state index in [1.54, 1.807) is 20.8 Å². The number of alkyl halides is 3. The van der Waals surface area contributed by atoms with Crippen LogP contribution in [-0.2, 0) is 9.53 Å². The molecule has 0 aromatic heterocycles. The summed E-state index contributed by atoms with van der Waals surface area (Å²) >= 11 is 0. The van der Waals surface area contributed by atoms with Crippen molar-refractivity contribution in [3.05, 3.63) is 0 Å². The maximum Gasteiger partial charge on any atom is 0.471 e. The number of ether oxygens (including phenoxy) is 1. The summed E-state index contributed by atoms with van der Waals surface area (Å²) in [6, 6.07) is 0. The van der Waals surface area contributed by atoms with Crippen LogP contribution in [0.15, 0.2) is 0 Å². The van der Waals surface area contributed by atoms with Crippen molar-refractivity contribution in [1.29, 1.82) is 0 Å². The van der Waals surface area contributed by atoms with Gasteiger partial charge in [0.25, 0.3) is 0 Å². The summed E-state index contributed by atoms with van der Waals surface area (Å²) in [5, 5.41) is 1.83. The number of rotatable bonds is 2. The molecule has 1 fully saturated rings. The maximum atomic E-state index is 12.0. The number of hydrogen-bond acceptors (Lipinski definition) is 3. The minimum Gasteiger partial charge on any atom is -0.444 e. The Morgan fingerprint density at radius 3 is 2.40 bits per heavy atom. The first-order valence-corrected chi connectivity index (χ1v) is 6.32. The Balaban J connectivity index is 2.37. The van der Waals surface area contributed by atoms with E-state index in [9.17, 15) is 22.8 Å². The van der Waals surface area contributed by atoms with Gasteiger partial charge in [-0.25, -0.2) is 4.79 Å². The molecule has 1 aliphatic rings. The van der Waals surface area contributed by atoms with E-state index >= 15 is 0 Å². The van der Waals surface area contributed by atoms with Crippen molar-refractivity contribution in [2.45, 2.75) is 39.0 Å². The fourth-order valence-electron chi connectivity index (χ4n) is 1.83. The smallest absolute Gasteiger partial charge is 0.444 e. The second-order valence-electron chi connectivity index (χ2n) is 5.79. The zero-order valence-electron chi connectivity index (χ0n) is 11.7. The van der Waals surface area contributed by atoms with Gasteiger partial charge in [-0.3, -0.25) is 4.79 Å².